The predicted molar refractivity (Wildman–Crippen MR) is 85.9 cm³/mol. The van der Waals surface area contributed by atoms with Crippen molar-refractivity contribution < 1.29 is 0 Å². The van der Waals surface area contributed by atoms with E-state index in [-0.39, 0.29) is 0 Å². The monoisotopic (exact) mass is 258 g/mol. The smallest absolute Gasteiger partial charge is 0.0140 e. The predicted octanol–water partition coefficient (Wildman–Crippen LogP) is 5.61. The normalized spacial score (nSPS) is 13.3. The van der Waals surface area contributed by atoms with Crippen LogP contribution in [0, 0.1) is 6.92 Å². The summed E-state index contributed by atoms with van der Waals surface area (Å²) in [6.07, 6.45) is 4.26. The second kappa shape index (κ2) is 6.65. The van der Waals surface area contributed by atoms with Crippen LogP contribution in [0.2, 0.25) is 0 Å². The molecule has 0 unspecified atom stereocenters. The quantitative estimate of drug-likeness (QED) is 0.632. The van der Waals surface area contributed by atoms with E-state index in [4.69, 9.17) is 0 Å². The molecule has 1 heteroatoms. The van der Waals surface area contributed by atoms with Gasteiger partial charge in [0.25, 0.3) is 0 Å². The van der Waals surface area contributed by atoms with E-state index in [1.54, 1.807) is 11.8 Å². The van der Waals surface area contributed by atoms with E-state index < -0.39 is 0 Å². The first kappa shape index (κ1) is 14.8. The standard InChI is InChI=1S/C17H22S/c1-7-17(13(3)15(5)18-6)14(4)16-10-8-12(2)9-11-16/h7-11H,4H2,1-3,5-6H3/b15-13-,17-7-. The summed E-state index contributed by atoms with van der Waals surface area (Å²) in [5.41, 5.74) is 6.13. The number of benzene rings is 1. The Morgan fingerprint density at radius 3 is 2.17 bits per heavy atom. The zero-order valence-electron chi connectivity index (χ0n) is 12.0. The molecule has 0 heterocycles. The third-order valence-electron chi connectivity index (χ3n) is 3.25. The van der Waals surface area contributed by atoms with Gasteiger partial charge in [-0.1, -0.05) is 42.5 Å². The molecule has 0 aliphatic rings. The second-order valence-electron chi connectivity index (χ2n) is 4.43. The Hall–Kier alpha value is -1.21. The van der Waals surface area contributed by atoms with E-state index in [2.05, 4.69) is 70.9 Å². The fourth-order valence-electron chi connectivity index (χ4n) is 1.87. The van der Waals surface area contributed by atoms with Crippen molar-refractivity contribution in [2.45, 2.75) is 27.7 Å². The Bertz CT molecular complexity index is 487. The maximum absolute atomic E-state index is 4.25. The van der Waals surface area contributed by atoms with Gasteiger partial charge in [-0.15, -0.1) is 11.8 Å². The van der Waals surface area contributed by atoms with Crippen LogP contribution in [0.5, 0.6) is 0 Å². The van der Waals surface area contributed by atoms with Gasteiger partial charge in [0, 0.05) is 0 Å². The lowest BCUT2D eigenvalue weighted by Gasteiger charge is -2.14. The molecule has 0 radical (unpaired) electrons. The molecular weight excluding hydrogens is 236 g/mol. The maximum Gasteiger partial charge on any atom is -0.0140 e. The van der Waals surface area contributed by atoms with Crippen LogP contribution in [0.15, 0.2) is 53.0 Å². The van der Waals surface area contributed by atoms with E-state index in [1.165, 1.54) is 27.2 Å². The van der Waals surface area contributed by atoms with Crippen molar-refractivity contribution in [2.24, 2.45) is 0 Å². The van der Waals surface area contributed by atoms with Crippen LogP contribution in [0.25, 0.3) is 5.57 Å². The van der Waals surface area contributed by atoms with Crippen molar-refractivity contribution >= 4 is 17.3 Å². The van der Waals surface area contributed by atoms with Crippen molar-refractivity contribution in [1.82, 2.24) is 0 Å². The molecule has 0 aliphatic carbocycles. The molecule has 0 aromatic heterocycles. The highest BCUT2D eigenvalue weighted by molar-refractivity contribution is 8.02. The molecular formula is C17H22S. The highest BCUT2D eigenvalue weighted by Gasteiger charge is 2.08. The summed E-state index contributed by atoms with van der Waals surface area (Å²) in [6, 6.07) is 8.55. The summed E-state index contributed by atoms with van der Waals surface area (Å²) in [7, 11) is 0. The zero-order valence-corrected chi connectivity index (χ0v) is 12.8. The molecule has 0 saturated carbocycles. The van der Waals surface area contributed by atoms with Crippen molar-refractivity contribution in [2.75, 3.05) is 6.26 Å². The Kier molecular flexibility index (Phi) is 5.49. The van der Waals surface area contributed by atoms with Gasteiger partial charge in [-0.2, -0.15) is 0 Å². The number of allylic oxidation sites excluding steroid dienone is 5. The Labute approximate surface area is 116 Å². The summed E-state index contributed by atoms with van der Waals surface area (Å²) in [4.78, 5) is 1.34. The second-order valence-corrected chi connectivity index (χ2v) is 5.45. The Morgan fingerprint density at radius 2 is 1.72 bits per heavy atom. The average Bonchev–Trinajstić information content (AvgIpc) is 2.39. The number of hydrogen-bond acceptors (Lipinski definition) is 1. The van der Waals surface area contributed by atoms with Crippen LogP contribution in [0.4, 0.5) is 0 Å². The minimum atomic E-state index is 1.10. The van der Waals surface area contributed by atoms with E-state index in [1.807, 2.05) is 0 Å². The molecule has 0 aliphatic heterocycles. The minimum Gasteiger partial charge on any atom is -0.134 e. The van der Waals surface area contributed by atoms with E-state index in [9.17, 15) is 0 Å². The van der Waals surface area contributed by atoms with Gasteiger partial charge in [0.05, 0.1) is 0 Å². The van der Waals surface area contributed by atoms with Gasteiger partial charge in [-0.25, -0.2) is 0 Å². The Balaban J connectivity index is 3.12. The molecule has 0 nitrogen and oxygen atoms in total. The zero-order chi connectivity index (χ0) is 13.7. The SMILES string of the molecule is C=C(C(=C\C)/C(C)=C(/C)SC)c1ccc(C)cc1. The van der Waals surface area contributed by atoms with Crippen LogP contribution in [-0.2, 0) is 0 Å². The summed E-state index contributed by atoms with van der Waals surface area (Å²) in [5.74, 6) is 0. The molecule has 0 N–H and O–H groups in total. The molecule has 1 rings (SSSR count). The summed E-state index contributed by atoms with van der Waals surface area (Å²) >= 11 is 1.79. The largest absolute Gasteiger partial charge is 0.134 e. The first-order valence-electron chi connectivity index (χ1n) is 6.15. The summed E-state index contributed by atoms with van der Waals surface area (Å²) in [5, 5.41) is 0. The van der Waals surface area contributed by atoms with Gasteiger partial charge in [-0.3, -0.25) is 0 Å². The molecule has 0 saturated heterocycles. The van der Waals surface area contributed by atoms with E-state index in [0.29, 0.717) is 0 Å². The molecule has 1 aromatic carbocycles. The van der Waals surface area contributed by atoms with Crippen molar-refractivity contribution in [3.8, 4) is 0 Å². The average molecular weight is 258 g/mol. The number of aryl methyl sites for hydroxylation is 1. The number of rotatable bonds is 4. The first-order chi connectivity index (χ1) is 8.51. The molecule has 0 spiro atoms. The molecule has 0 amide bonds. The minimum absolute atomic E-state index is 1.10. The fraction of sp³-hybridized carbons (Fsp3) is 0.294. The lowest BCUT2D eigenvalue weighted by Crippen LogP contribution is -1.93. The lowest BCUT2D eigenvalue weighted by atomic mass is 9.93. The van der Waals surface area contributed by atoms with Crippen LogP contribution in [-0.4, -0.2) is 6.26 Å². The van der Waals surface area contributed by atoms with E-state index in [0.717, 1.165) is 5.57 Å². The molecule has 0 fully saturated rings. The van der Waals surface area contributed by atoms with Crippen molar-refractivity contribution in [3.05, 3.63) is 64.1 Å². The molecule has 96 valence electrons. The van der Waals surface area contributed by atoms with Gasteiger partial charge >= 0.3 is 0 Å². The number of hydrogen-bond donors (Lipinski definition) is 0. The fourth-order valence-corrected chi connectivity index (χ4v) is 2.29. The highest BCUT2D eigenvalue weighted by atomic mass is 32.2. The first-order valence-corrected chi connectivity index (χ1v) is 7.38. The van der Waals surface area contributed by atoms with Gasteiger partial charge in [-0.05, 0) is 61.1 Å². The van der Waals surface area contributed by atoms with Crippen molar-refractivity contribution in [3.63, 3.8) is 0 Å². The van der Waals surface area contributed by atoms with Crippen molar-refractivity contribution in [1.29, 1.82) is 0 Å². The molecule has 18 heavy (non-hydrogen) atoms. The van der Waals surface area contributed by atoms with Crippen LogP contribution < -0.4 is 0 Å². The van der Waals surface area contributed by atoms with Crippen LogP contribution in [0.3, 0.4) is 0 Å². The topological polar surface area (TPSA) is 0 Å². The van der Waals surface area contributed by atoms with Gasteiger partial charge in [0.2, 0.25) is 0 Å². The third kappa shape index (κ3) is 3.39. The Morgan fingerprint density at radius 1 is 1.17 bits per heavy atom. The third-order valence-corrected chi connectivity index (χ3v) is 4.17. The molecule has 0 bridgehead atoms. The maximum atomic E-state index is 4.25. The number of thioether (sulfide) groups is 1. The van der Waals surface area contributed by atoms with E-state index >= 15 is 0 Å². The summed E-state index contributed by atoms with van der Waals surface area (Å²) in [6.45, 7) is 12.8. The van der Waals surface area contributed by atoms with Gasteiger partial charge < -0.3 is 0 Å². The van der Waals surface area contributed by atoms with Gasteiger partial charge in [0.1, 0.15) is 0 Å². The van der Waals surface area contributed by atoms with Crippen LogP contribution in [0.1, 0.15) is 31.9 Å². The van der Waals surface area contributed by atoms with Crippen LogP contribution >= 0.6 is 11.8 Å². The van der Waals surface area contributed by atoms with Gasteiger partial charge in [0.15, 0.2) is 0 Å². The lowest BCUT2D eigenvalue weighted by molar-refractivity contribution is 1.36. The molecule has 0 atom stereocenters. The highest BCUT2D eigenvalue weighted by Crippen LogP contribution is 2.31. The molecule has 1 aromatic rings. The summed E-state index contributed by atoms with van der Waals surface area (Å²) < 4.78 is 0.